The average Bonchev–Trinajstić information content (AvgIpc) is 2.55. The van der Waals surface area contributed by atoms with Crippen molar-refractivity contribution in [3.8, 4) is 5.75 Å². The van der Waals surface area contributed by atoms with Gasteiger partial charge >= 0.3 is 0 Å². The third-order valence-electron chi connectivity index (χ3n) is 3.65. The molecule has 0 bridgehead atoms. The Morgan fingerprint density at radius 1 is 1.17 bits per heavy atom. The molecule has 1 heterocycles. The maximum atomic E-state index is 12.5. The summed E-state index contributed by atoms with van der Waals surface area (Å²) >= 11 is 0. The molecule has 23 heavy (non-hydrogen) atoms. The van der Waals surface area contributed by atoms with E-state index in [1.165, 1.54) is 13.2 Å². The number of anilines is 1. The summed E-state index contributed by atoms with van der Waals surface area (Å²) in [6.45, 7) is 0.595. The zero-order valence-electron chi connectivity index (χ0n) is 12.5. The maximum Gasteiger partial charge on any atom is 0.265 e. The molecule has 1 aliphatic rings. The summed E-state index contributed by atoms with van der Waals surface area (Å²) in [6.07, 6.45) is 0.737. The highest BCUT2D eigenvalue weighted by Crippen LogP contribution is 2.26. The second-order valence-electron chi connectivity index (χ2n) is 5.13. The topological polar surface area (TPSA) is 84.5 Å². The van der Waals surface area contributed by atoms with Crippen molar-refractivity contribution < 1.29 is 17.9 Å². The molecule has 0 aromatic heterocycles. The first-order chi connectivity index (χ1) is 11.0. The highest BCUT2D eigenvalue weighted by atomic mass is 32.2. The number of ether oxygens (including phenoxy) is 1. The predicted octanol–water partition coefficient (Wildman–Crippen LogP) is 1.78. The van der Waals surface area contributed by atoms with Gasteiger partial charge < -0.3 is 10.1 Å². The molecule has 3 rings (SSSR count). The van der Waals surface area contributed by atoms with Crippen LogP contribution in [0.4, 0.5) is 5.69 Å². The van der Waals surface area contributed by atoms with Gasteiger partial charge in [0.15, 0.2) is 0 Å². The number of benzene rings is 2. The van der Waals surface area contributed by atoms with Gasteiger partial charge in [-0.1, -0.05) is 18.2 Å². The van der Waals surface area contributed by atoms with E-state index in [1.807, 2.05) is 0 Å². The fourth-order valence-electron chi connectivity index (χ4n) is 2.53. The Balaban J connectivity index is 1.95. The maximum absolute atomic E-state index is 12.5. The lowest BCUT2D eigenvalue weighted by Gasteiger charge is -2.18. The largest absolute Gasteiger partial charge is 0.495 e. The Labute approximate surface area is 134 Å². The number of para-hydroxylation sites is 1. The van der Waals surface area contributed by atoms with Crippen molar-refractivity contribution in [2.45, 2.75) is 11.3 Å². The van der Waals surface area contributed by atoms with E-state index < -0.39 is 10.0 Å². The van der Waals surface area contributed by atoms with Crippen LogP contribution >= 0.6 is 0 Å². The van der Waals surface area contributed by atoms with Crippen LogP contribution in [0.1, 0.15) is 15.9 Å². The minimum Gasteiger partial charge on any atom is -0.495 e. The van der Waals surface area contributed by atoms with Crippen LogP contribution in [0.15, 0.2) is 47.4 Å². The number of carbonyl (C=O) groups excluding carboxylic acids is 1. The molecule has 0 aliphatic carbocycles. The van der Waals surface area contributed by atoms with Gasteiger partial charge in [0.2, 0.25) is 0 Å². The second-order valence-corrected chi connectivity index (χ2v) is 6.79. The molecule has 0 saturated carbocycles. The summed E-state index contributed by atoms with van der Waals surface area (Å²) in [7, 11) is -2.39. The molecule has 0 atom stereocenters. The van der Waals surface area contributed by atoms with E-state index in [1.54, 1.807) is 36.4 Å². The molecular formula is C16H16N2O4S. The molecule has 7 heteroatoms. The number of nitrogens with one attached hydrogen (secondary N) is 2. The van der Waals surface area contributed by atoms with Crippen molar-refractivity contribution >= 4 is 21.6 Å². The lowest BCUT2D eigenvalue weighted by atomic mass is 10.00. The minimum absolute atomic E-state index is 0.0460. The van der Waals surface area contributed by atoms with Crippen molar-refractivity contribution in [2.75, 3.05) is 18.4 Å². The van der Waals surface area contributed by atoms with Gasteiger partial charge in [-0.25, -0.2) is 8.42 Å². The molecule has 0 radical (unpaired) electrons. The Bertz CT molecular complexity index is 862. The summed E-state index contributed by atoms with van der Waals surface area (Å²) in [6, 6.07) is 11.3. The molecule has 1 amide bonds. The first-order valence-corrected chi connectivity index (χ1v) is 8.56. The minimum atomic E-state index is -3.81. The Kier molecular flexibility index (Phi) is 3.96. The molecule has 1 aliphatic heterocycles. The number of carbonyl (C=O) groups is 1. The van der Waals surface area contributed by atoms with E-state index in [0.717, 1.165) is 12.0 Å². The van der Waals surface area contributed by atoms with Crippen molar-refractivity contribution in [1.29, 1.82) is 0 Å². The highest BCUT2D eigenvalue weighted by molar-refractivity contribution is 7.92. The fraction of sp³-hybridized carbons (Fsp3) is 0.188. The monoisotopic (exact) mass is 332 g/mol. The quantitative estimate of drug-likeness (QED) is 0.894. The molecule has 0 fully saturated rings. The molecule has 0 spiro atoms. The van der Waals surface area contributed by atoms with Gasteiger partial charge in [-0.2, -0.15) is 0 Å². The zero-order valence-corrected chi connectivity index (χ0v) is 13.3. The van der Waals surface area contributed by atoms with Crippen LogP contribution in [0.5, 0.6) is 5.75 Å². The van der Waals surface area contributed by atoms with E-state index in [9.17, 15) is 13.2 Å². The van der Waals surface area contributed by atoms with Crippen molar-refractivity contribution in [3.63, 3.8) is 0 Å². The van der Waals surface area contributed by atoms with E-state index in [4.69, 9.17) is 4.74 Å². The van der Waals surface area contributed by atoms with Crippen LogP contribution in [-0.2, 0) is 16.4 Å². The average molecular weight is 332 g/mol. The first kappa shape index (κ1) is 15.4. The van der Waals surface area contributed by atoms with Gasteiger partial charge in [0.1, 0.15) is 10.6 Å². The molecular weight excluding hydrogens is 316 g/mol. The molecule has 2 aromatic rings. The fourth-order valence-corrected chi connectivity index (χ4v) is 3.75. The van der Waals surface area contributed by atoms with E-state index in [2.05, 4.69) is 10.0 Å². The Morgan fingerprint density at radius 3 is 2.74 bits per heavy atom. The molecule has 2 N–H and O–H groups in total. The number of rotatable bonds is 4. The van der Waals surface area contributed by atoms with Crippen molar-refractivity contribution in [2.24, 2.45) is 0 Å². The van der Waals surface area contributed by atoms with Crippen LogP contribution in [0.3, 0.4) is 0 Å². The lowest BCUT2D eigenvalue weighted by molar-refractivity contribution is 0.0946. The molecule has 6 nitrogen and oxygen atoms in total. The van der Waals surface area contributed by atoms with Crippen LogP contribution in [0.2, 0.25) is 0 Å². The van der Waals surface area contributed by atoms with Crippen LogP contribution in [0, 0.1) is 0 Å². The lowest BCUT2D eigenvalue weighted by Crippen LogP contribution is -2.31. The third kappa shape index (κ3) is 3.00. The highest BCUT2D eigenvalue weighted by Gasteiger charge is 2.21. The zero-order chi connectivity index (χ0) is 16.4. The smallest absolute Gasteiger partial charge is 0.265 e. The number of hydrogen-bond donors (Lipinski definition) is 2. The summed E-state index contributed by atoms with van der Waals surface area (Å²) in [5.74, 6) is 0.0697. The number of fused-ring (bicyclic) bond motifs is 1. The Morgan fingerprint density at radius 2 is 1.96 bits per heavy atom. The SMILES string of the molecule is COc1ccccc1S(=O)(=O)Nc1ccc2c(c1)C(=O)NCC2. The van der Waals surface area contributed by atoms with Gasteiger partial charge in [0.25, 0.3) is 15.9 Å². The standard InChI is InChI=1S/C16H16N2O4S/c1-22-14-4-2-3-5-15(14)23(20,21)18-12-7-6-11-8-9-17-16(19)13(11)10-12/h2-7,10,18H,8-9H2,1H3,(H,17,19). The van der Waals surface area contributed by atoms with E-state index >= 15 is 0 Å². The van der Waals surface area contributed by atoms with Crippen molar-refractivity contribution in [3.05, 3.63) is 53.6 Å². The van der Waals surface area contributed by atoms with Gasteiger partial charge in [0.05, 0.1) is 7.11 Å². The Hall–Kier alpha value is -2.54. The first-order valence-electron chi connectivity index (χ1n) is 7.08. The van der Waals surface area contributed by atoms with E-state index in [0.29, 0.717) is 17.8 Å². The van der Waals surface area contributed by atoms with Crippen LogP contribution < -0.4 is 14.8 Å². The molecule has 0 unspecified atom stereocenters. The predicted molar refractivity (Wildman–Crippen MR) is 86.3 cm³/mol. The summed E-state index contributed by atoms with van der Waals surface area (Å²) in [4.78, 5) is 11.9. The summed E-state index contributed by atoms with van der Waals surface area (Å²) in [5, 5.41) is 2.74. The van der Waals surface area contributed by atoms with E-state index in [-0.39, 0.29) is 16.6 Å². The number of sulfonamides is 1. The normalized spacial score (nSPS) is 13.9. The van der Waals surface area contributed by atoms with Crippen LogP contribution in [0.25, 0.3) is 0 Å². The van der Waals surface area contributed by atoms with Gasteiger partial charge in [-0.15, -0.1) is 0 Å². The molecule has 120 valence electrons. The number of methoxy groups -OCH3 is 1. The number of hydrogen-bond acceptors (Lipinski definition) is 4. The third-order valence-corrected chi connectivity index (χ3v) is 5.07. The molecule has 0 saturated heterocycles. The molecule has 2 aromatic carbocycles. The second kappa shape index (κ2) is 5.92. The van der Waals surface area contributed by atoms with Gasteiger partial charge in [0, 0.05) is 17.8 Å². The summed E-state index contributed by atoms with van der Waals surface area (Å²) in [5.41, 5.74) is 1.75. The van der Waals surface area contributed by atoms with Gasteiger partial charge in [-0.05, 0) is 36.2 Å². The van der Waals surface area contributed by atoms with Crippen LogP contribution in [-0.4, -0.2) is 28.0 Å². The summed E-state index contributed by atoms with van der Waals surface area (Å²) < 4.78 is 32.7. The van der Waals surface area contributed by atoms with Crippen molar-refractivity contribution in [1.82, 2.24) is 5.32 Å². The number of amides is 1. The van der Waals surface area contributed by atoms with Gasteiger partial charge in [-0.3, -0.25) is 9.52 Å².